The molecule has 1 saturated carbocycles. The van der Waals surface area contributed by atoms with E-state index < -0.39 is 9.84 Å². The van der Waals surface area contributed by atoms with Crippen molar-refractivity contribution in [1.29, 1.82) is 0 Å². The van der Waals surface area contributed by atoms with Gasteiger partial charge in [-0.1, -0.05) is 0 Å². The van der Waals surface area contributed by atoms with Gasteiger partial charge in [0.15, 0.2) is 16.2 Å². The summed E-state index contributed by atoms with van der Waals surface area (Å²) in [6.45, 7) is 1.72. The van der Waals surface area contributed by atoms with Gasteiger partial charge in [0.25, 0.3) is 0 Å². The van der Waals surface area contributed by atoms with Gasteiger partial charge in [0.2, 0.25) is 0 Å². The molecule has 5 nitrogen and oxygen atoms in total. The predicted molar refractivity (Wildman–Crippen MR) is 59.5 cm³/mol. The summed E-state index contributed by atoms with van der Waals surface area (Å²) in [6.07, 6.45) is 3.31. The molecule has 0 amide bonds. The molecule has 0 aromatic carbocycles. The molecule has 0 radical (unpaired) electrons. The molecule has 0 spiro atoms. The van der Waals surface area contributed by atoms with Crippen molar-refractivity contribution in [1.82, 2.24) is 4.98 Å². The van der Waals surface area contributed by atoms with Gasteiger partial charge in [-0.3, -0.25) is 0 Å². The van der Waals surface area contributed by atoms with Crippen molar-refractivity contribution >= 4 is 9.84 Å². The molecule has 0 saturated heterocycles. The van der Waals surface area contributed by atoms with E-state index in [1.54, 1.807) is 6.92 Å². The molecular weight excluding hydrogens is 228 g/mol. The average Bonchev–Trinajstić information content (AvgIpc) is 2.77. The highest BCUT2D eigenvalue weighted by Crippen LogP contribution is 2.26. The third-order valence-electron chi connectivity index (χ3n) is 3.12. The molecule has 2 N–H and O–H groups in total. The molecule has 2 atom stereocenters. The topological polar surface area (TPSA) is 86.2 Å². The van der Waals surface area contributed by atoms with Gasteiger partial charge in [-0.2, -0.15) is 0 Å². The molecule has 1 aliphatic rings. The molecule has 1 heterocycles. The average molecular weight is 244 g/mol. The second-order valence-electron chi connectivity index (χ2n) is 4.36. The molecule has 0 bridgehead atoms. The van der Waals surface area contributed by atoms with Crippen molar-refractivity contribution < 1.29 is 12.8 Å². The zero-order valence-electron chi connectivity index (χ0n) is 9.22. The molecule has 16 heavy (non-hydrogen) atoms. The van der Waals surface area contributed by atoms with Crippen LogP contribution in [-0.4, -0.2) is 24.7 Å². The van der Waals surface area contributed by atoms with Gasteiger partial charge in [-0.05, 0) is 26.2 Å². The molecule has 90 valence electrons. The van der Waals surface area contributed by atoms with Crippen LogP contribution in [0.1, 0.15) is 30.7 Å². The second-order valence-corrected chi connectivity index (χ2v) is 6.64. The molecule has 1 aromatic rings. The number of aryl methyl sites for hydroxylation is 1. The summed E-state index contributed by atoms with van der Waals surface area (Å²) in [5.41, 5.74) is 6.24. The van der Waals surface area contributed by atoms with E-state index in [0.29, 0.717) is 24.3 Å². The fourth-order valence-corrected chi connectivity index (χ4v) is 4.01. The smallest absolute Gasteiger partial charge is 0.181 e. The molecule has 0 aliphatic heterocycles. The Kier molecular flexibility index (Phi) is 3.03. The van der Waals surface area contributed by atoms with E-state index in [-0.39, 0.29) is 17.0 Å². The third-order valence-corrected chi connectivity index (χ3v) is 5.23. The van der Waals surface area contributed by atoms with Crippen LogP contribution in [0.15, 0.2) is 10.8 Å². The van der Waals surface area contributed by atoms with Gasteiger partial charge in [0.05, 0.1) is 16.7 Å². The van der Waals surface area contributed by atoms with Gasteiger partial charge in [-0.25, -0.2) is 13.4 Å². The summed E-state index contributed by atoms with van der Waals surface area (Å²) in [5, 5.41) is -0.307. The standard InChI is InChI=1S/C10H16N2O3S/c1-7-10(12-6-15-7)5-16(13,14)9-3-2-8(11)4-9/h6,8-9H,2-5,11H2,1H3/t8-,9+/m0/s1. The fraction of sp³-hybridized carbons (Fsp3) is 0.700. The van der Waals surface area contributed by atoms with Gasteiger partial charge < -0.3 is 10.2 Å². The Labute approximate surface area is 95.0 Å². The molecule has 1 fully saturated rings. The van der Waals surface area contributed by atoms with Crippen molar-refractivity contribution in [3.63, 3.8) is 0 Å². The maximum absolute atomic E-state index is 12.1. The SMILES string of the molecule is Cc1ocnc1CS(=O)(=O)[C@@H]1CC[C@H](N)C1. The summed E-state index contributed by atoms with van der Waals surface area (Å²) in [4.78, 5) is 3.91. The van der Waals surface area contributed by atoms with Crippen molar-refractivity contribution in [2.24, 2.45) is 5.73 Å². The Morgan fingerprint density at radius 1 is 1.56 bits per heavy atom. The quantitative estimate of drug-likeness (QED) is 0.849. The fourth-order valence-electron chi connectivity index (χ4n) is 2.07. The first kappa shape index (κ1) is 11.6. The second kappa shape index (κ2) is 4.18. The first-order chi connectivity index (χ1) is 7.49. The van der Waals surface area contributed by atoms with Gasteiger partial charge in [0, 0.05) is 6.04 Å². The minimum absolute atomic E-state index is 0.0261. The van der Waals surface area contributed by atoms with Crippen molar-refractivity contribution in [2.75, 3.05) is 0 Å². The number of nitrogens with zero attached hydrogens (tertiary/aromatic N) is 1. The van der Waals surface area contributed by atoms with E-state index in [1.165, 1.54) is 6.39 Å². The number of rotatable bonds is 3. The van der Waals surface area contributed by atoms with E-state index in [2.05, 4.69) is 4.98 Å². The lowest BCUT2D eigenvalue weighted by Gasteiger charge is -2.10. The Morgan fingerprint density at radius 2 is 2.31 bits per heavy atom. The first-order valence-electron chi connectivity index (χ1n) is 5.35. The van der Waals surface area contributed by atoms with Crippen LogP contribution in [0, 0.1) is 6.92 Å². The molecule has 1 aliphatic carbocycles. The number of aromatic nitrogens is 1. The normalized spacial score (nSPS) is 26.1. The van der Waals surface area contributed by atoms with Gasteiger partial charge >= 0.3 is 0 Å². The van der Waals surface area contributed by atoms with Crippen LogP contribution in [0.5, 0.6) is 0 Å². The van der Waals surface area contributed by atoms with Crippen molar-refractivity contribution in [3.8, 4) is 0 Å². The Morgan fingerprint density at radius 3 is 2.81 bits per heavy atom. The van der Waals surface area contributed by atoms with Crippen molar-refractivity contribution in [2.45, 2.75) is 43.2 Å². The number of hydrogen-bond acceptors (Lipinski definition) is 5. The third kappa shape index (κ3) is 2.27. The molecule has 1 aromatic heterocycles. The molecular formula is C10H16N2O3S. The molecule has 2 rings (SSSR count). The van der Waals surface area contributed by atoms with Gasteiger partial charge in [-0.15, -0.1) is 0 Å². The van der Waals surface area contributed by atoms with E-state index >= 15 is 0 Å². The van der Waals surface area contributed by atoms with Crippen LogP contribution in [0.2, 0.25) is 0 Å². The summed E-state index contributed by atoms with van der Waals surface area (Å²) in [7, 11) is -3.14. The van der Waals surface area contributed by atoms with Crippen LogP contribution in [-0.2, 0) is 15.6 Å². The van der Waals surface area contributed by atoms with E-state index in [9.17, 15) is 8.42 Å². The highest BCUT2D eigenvalue weighted by atomic mass is 32.2. The van der Waals surface area contributed by atoms with E-state index in [4.69, 9.17) is 10.2 Å². The maximum Gasteiger partial charge on any atom is 0.181 e. The highest BCUT2D eigenvalue weighted by Gasteiger charge is 2.33. The first-order valence-corrected chi connectivity index (χ1v) is 7.06. The summed E-state index contributed by atoms with van der Waals surface area (Å²) in [5.74, 6) is 0.540. The minimum atomic E-state index is -3.14. The lowest BCUT2D eigenvalue weighted by Crippen LogP contribution is -2.23. The Bertz CT molecular complexity index is 466. The number of sulfone groups is 1. The van der Waals surface area contributed by atoms with Crippen LogP contribution in [0.25, 0.3) is 0 Å². The summed E-state index contributed by atoms with van der Waals surface area (Å²) in [6, 6.07) is 0.0261. The van der Waals surface area contributed by atoms with Crippen LogP contribution < -0.4 is 5.73 Å². The largest absolute Gasteiger partial charge is 0.448 e. The summed E-state index contributed by atoms with van der Waals surface area (Å²) < 4.78 is 29.1. The van der Waals surface area contributed by atoms with Crippen LogP contribution in [0.4, 0.5) is 0 Å². The monoisotopic (exact) mass is 244 g/mol. The Hall–Kier alpha value is -0.880. The number of hydrogen-bond donors (Lipinski definition) is 1. The maximum atomic E-state index is 12.1. The summed E-state index contributed by atoms with van der Waals surface area (Å²) >= 11 is 0. The van der Waals surface area contributed by atoms with E-state index in [1.807, 2.05) is 0 Å². The Balaban J connectivity index is 2.12. The van der Waals surface area contributed by atoms with Crippen molar-refractivity contribution in [3.05, 3.63) is 17.8 Å². The minimum Gasteiger partial charge on any atom is -0.448 e. The lowest BCUT2D eigenvalue weighted by atomic mass is 10.3. The van der Waals surface area contributed by atoms with Gasteiger partial charge in [0.1, 0.15) is 5.76 Å². The number of oxazole rings is 1. The zero-order chi connectivity index (χ0) is 11.8. The zero-order valence-corrected chi connectivity index (χ0v) is 10.0. The number of nitrogens with two attached hydrogens (primary N) is 1. The van der Waals surface area contributed by atoms with E-state index in [0.717, 1.165) is 6.42 Å². The molecule has 6 heteroatoms. The highest BCUT2D eigenvalue weighted by molar-refractivity contribution is 7.91. The lowest BCUT2D eigenvalue weighted by molar-refractivity contribution is 0.524. The molecule has 0 unspecified atom stereocenters. The van der Waals surface area contributed by atoms with Crippen LogP contribution in [0.3, 0.4) is 0 Å². The van der Waals surface area contributed by atoms with Crippen LogP contribution >= 0.6 is 0 Å². The predicted octanol–water partition coefficient (Wildman–Crippen LogP) is 0.778.